The third kappa shape index (κ3) is 6.71. The summed E-state index contributed by atoms with van der Waals surface area (Å²) < 4.78 is 18.1. The van der Waals surface area contributed by atoms with Crippen molar-refractivity contribution in [3.05, 3.63) is 119 Å². The predicted octanol–water partition coefficient (Wildman–Crippen LogP) is 7.93. The van der Waals surface area contributed by atoms with Crippen molar-refractivity contribution in [3.8, 4) is 17.2 Å². The van der Waals surface area contributed by atoms with Gasteiger partial charge in [-0.2, -0.15) is 0 Å². The van der Waals surface area contributed by atoms with Gasteiger partial charge in [0.25, 0.3) is 0 Å². The highest BCUT2D eigenvalue weighted by Gasteiger charge is 2.54. The van der Waals surface area contributed by atoms with Crippen LogP contribution in [0, 0.1) is 0 Å². The lowest BCUT2D eigenvalue weighted by molar-refractivity contribution is -0.144. The topological polar surface area (TPSA) is 80.3 Å². The normalized spacial score (nSPS) is 24.1. The van der Waals surface area contributed by atoms with Gasteiger partial charge in [0.1, 0.15) is 29.4 Å². The summed E-state index contributed by atoms with van der Waals surface area (Å²) in [7, 11) is 0. The Kier molecular flexibility index (Phi) is 9.13. The van der Waals surface area contributed by atoms with Crippen LogP contribution in [0.5, 0.6) is 17.2 Å². The summed E-state index contributed by atoms with van der Waals surface area (Å²) in [6.07, 6.45) is 3.26. The van der Waals surface area contributed by atoms with Gasteiger partial charge in [-0.15, -0.1) is 0 Å². The number of hydrogen-bond donors (Lipinski definition) is 2. The summed E-state index contributed by atoms with van der Waals surface area (Å²) in [5.74, 6) is 1.79. The Bertz CT molecular complexity index is 1700. The largest absolute Gasteiger partial charge is 0.492 e. The molecule has 7 rings (SSSR count). The number of morpholine rings is 1. The van der Waals surface area contributed by atoms with Gasteiger partial charge < -0.3 is 24.6 Å². The SMILES string of the molecule is O=C(O)C1(Nc2cccc(Cl)c2)CCC2(CC1)c1cc(OCCN3CCOCC3)ccc1CC2c1cccc(Oc2ccccc2)c1. The molecule has 1 aliphatic heterocycles. The van der Waals surface area contributed by atoms with Crippen LogP contribution in [0.1, 0.15) is 48.3 Å². The van der Waals surface area contributed by atoms with E-state index in [1.807, 2.05) is 48.5 Å². The minimum Gasteiger partial charge on any atom is -0.492 e. The molecule has 2 N–H and O–H groups in total. The average molecular weight is 653 g/mol. The van der Waals surface area contributed by atoms with Gasteiger partial charge in [-0.25, -0.2) is 4.79 Å². The van der Waals surface area contributed by atoms with Crippen molar-refractivity contribution < 1.29 is 24.1 Å². The van der Waals surface area contributed by atoms with Gasteiger partial charge in [0.15, 0.2) is 0 Å². The lowest BCUT2D eigenvalue weighted by atomic mass is 9.59. The summed E-state index contributed by atoms with van der Waals surface area (Å²) in [5, 5.41) is 14.6. The van der Waals surface area contributed by atoms with Gasteiger partial charge >= 0.3 is 5.97 Å². The molecule has 0 amide bonds. The van der Waals surface area contributed by atoms with Gasteiger partial charge in [-0.3, -0.25) is 4.90 Å². The van der Waals surface area contributed by atoms with E-state index in [9.17, 15) is 9.90 Å². The zero-order valence-corrected chi connectivity index (χ0v) is 27.3. The number of ether oxygens (including phenoxy) is 3. The van der Waals surface area contributed by atoms with Crippen molar-refractivity contribution in [2.24, 2.45) is 0 Å². The monoisotopic (exact) mass is 652 g/mol. The quantitative estimate of drug-likeness (QED) is 0.180. The number of anilines is 1. The van der Waals surface area contributed by atoms with Crippen LogP contribution in [0.15, 0.2) is 97.1 Å². The Morgan fingerprint density at radius 1 is 0.872 bits per heavy atom. The second-order valence-electron chi connectivity index (χ2n) is 13.0. The fourth-order valence-corrected chi connectivity index (χ4v) is 8.03. The number of nitrogens with one attached hydrogen (secondary N) is 1. The van der Waals surface area contributed by atoms with E-state index in [1.54, 1.807) is 12.1 Å². The molecular formula is C39H41ClN2O5. The standard InChI is InChI=1S/C39H41ClN2O5/c40-30-7-5-8-31(26-30)41-39(37(43)44)16-14-38(15-17-39)35(28-6-4-11-34(24-28)47-32-9-2-1-3-10-32)25-29-12-13-33(27-36(29)38)46-23-20-42-18-21-45-22-19-42/h1-13,24,26-27,35,41H,14-23,25H2,(H,43,44). The maximum atomic E-state index is 12.9. The van der Waals surface area contributed by atoms with Crippen molar-refractivity contribution in [1.29, 1.82) is 0 Å². The Morgan fingerprint density at radius 3 is 2.40 bits per heavy atom. The number of hydrogen-bond acceptors (Lipinski definition) is 6. The molecule has 4 aromatic carbocycles. The molecular weight excluding hydrogens is 612 g/mol. The number of fused-ring (bicyclic) bond motifs is 2. The molecule has 1 unspecified atom stereocenters. The van der Waals surface area contributed by atoms with Crippen LogP contribution in [0.3, 0.4) is 0 Å². The van der Waals surface area contributed by atoms with Crippen LogP contribution >= 0.6 is 11.6 Å². The fourth-order valence-electron chi connectivity index (χ4n) is 7.84. The molecule has 2 aliphatic carbocycles. The Labute approximate surface area is 281 Å². The molecule has 2 fully saturated rings. The molecule has 4 aromatic rings. The molecule has 244 valence electrons. The maximum absolute atomic E-state index is 12.9. The van der Waals surface area contributed by atoms with Gasteiger partial charge in [-0.1, -0.05) is 54.1 Å². The number of para-hydroxylation sites is 1. The zero-order valence-electron chi connectivity index (χ0n) is 26.5. The summed E-state index contributed by atoms with van der Waals surface area (Å²) in [6, 6.07) is 32.1. The summed E-state index contributed by atoms with van der Waals surface area (Å²) in [5.41, 5.74) is 3.17. The van der Waals surface area contributed by atoms with Crippen LogP contribution in [0.25, 0.3) is 0 Å². The third-order valence-electron chi connectivity index (χ3n) is 10.3. The van der Waals surface area contributed by atoms with E-state index in [1.165, 1.54) is 16.7 Å². The highest BCUT2D eigenvalue weighted by atomic mass is 35.5. The van der Waals surface area contributed by atoms with Gasteiger partial charge in [-0.05, 0) is 109 Å². The van der Waals surface area contributed by atoms with Crippen LogP contribution in [0.4, 0.5) is 5.69 Å². The van der Waals surface area contributed by atoms with E-state index < -0.39 is 11.5 Å². The number of carbonyl (C=O) groups is 1. The van der Waals surface area contributed by atoms with Crippen LogP contribution in [0.2, 0.25) is 5.02 Å². The molecule has 1 spiro atoms. The van der Waals surface area contributed by atoms with E-state index in [0.717, 1.165) is 62.2 Å². The zero-order chi connectivity index (χ0) is 32.3. The number of halogens is 1. The van der Waals surface area contributed by atoms with E-state index in [2.05, 4.69) is 46.6 Å². The highest BCUT2D eigenvalue weighted by Crippen LogP contribution is 2.58. The number of benzene rings is 4. The molecule has 0 bridgehead atoms. The minimum absolute atomic E-state index is 0.165. The Balaban J connectivity index is 1.19. The Morgan fingerprint density at radius 2 is 1.64 bits per heavy atom. The molecule has 7 nitrogen and oxygen atoms in total. The first-order valence-electron chi connectivity index (χ1n) is 16.6. The summed E-state index contributed by atoms with van der Waals surface area (Å²) in [6.45, 7) is 4.87. The van der Waals surface area contributed by atoms with Crippen molar-refractivity contribution in [3.63, 3.8) is 0 Å². The summed E-state index contributed by atoms with van der Waals surface area (Å²) in [4.78, 5) is 15.3. The fraction of sp³-hybridized carbons (Fsp3) is 0.359. The van der Waals surface area contributed by atoms with E-state index in [0.29, 0.717) is 37.3 Å². The first-order valence-corrected chi connectivity index (χ1v) is 17.0. The van der Waals surface area contributed by atoms with E-state index in [-0.39, 0.29) is 11.3 Å². The number of aliphatic carboxylic acids is 1. The second kappa shape index (κ2) is 13.6. The lowest BCUT2D eigenvalue weighted by Gasteiger charge is -2.47. The van der Waals surface area contributed by atoms with Crippen molar-refractivity contribution >= 4 is 23.3 Å². The Hall–Kier alpha value is -4.04. The lowest BCUT2D eigenvalue weighted by Crippen LogP contribution is -2.52. The molecule has 47 heavy (non-hydrogen) atoms. The average Bonchev–Trinajstić information content (AvgIpc) is 3.40. The van der Waals surface area contributed by atoms with Gasteiger partial charge in [0.05, 0.1) is 13.2 Å². The molecule has 1 saturated carbocycles. The van der Waals surface area contributed by atoms with Crippen molar-refractivity contribution in [1.82, 2.24) is 4.90 Å². The molecule has 1 atom stereocenters. The summed E-state index contributed by atoms with van der Waals surface area (Å²) >= 11 is 6.27. The number of nitrogens with zero attached hydrogens (tertiary/aromatic N) is 1. The van der Waals surface area contributed by atoms with E-state index >= 15 is 0 Å². The van der Waals surface area contributed by atoms with E-state index in [4.69, 9.17) is 25.8 Å². The molecule has 1 heterocycles. The number of carboxylic acids is 1. The van der Waals surface area contributed by atoms with Crippen molar-refractivity contribution in [2.45, 2.75) is 49.0 Å². The molecule has 0 radical (unpaired) electrons. The van der Waals surface area contributed by atoms with Gasteiger partial charge in [0.2, 0.25) is 0 Å². The van der Waals surface area contributed by atoms with Gasteiger partial charge in [0, 0.05) is 35.8 Å². The minimum atomic E-state index is -1.09. The smallest absolute Gasteiger partial charge is 0.329 e. The first-order chi connectivity index (χ1) is 22.9. The second-order valence-corrected chi connectivity index (χ2v) is 13.5. The van der Waals surface area contributed by atoms with Crippen LogP contribution in [-0.4, -0.2) is 61.0 Å². The molecule has 0 aromatic heterocycles. The first kappa shape index (κ1) is 31.6. The molecule has 3 aliphatic rings. The maximum Gasteiger partial charge on any atom is 0.329 e. The molecule has 8 heteroatoms. The number of rotatable bonds is 10. The highest BCUT2D eigenvalue weighted by molar-refractivity contribution is 6.30. The third-order valence-corrected chi connectivity index (χ3v) is 10.6. The predicted molar refractivity (Wildman–Crippen MR) is 184 cm³/mol. The van der Waals surface area contributed by atoms with Crippen molar-refractivity contribution in [2.75, 3.05) is 44.8 Å². The molecule has 1 saturated heterocycles. The van der Waals surface area contributed by atoms with Crippen LogP contribution < -0.4 is 14.8 Å². The van der Waals surface area contributed by atoms with Crippen LogP contribution in [-0.2, 0) is 21.4 Å². The number of carboxylic acid groups (broad SMARTS) is 1.